The molecule has 1 unspecified atom stereocenters. The van der Waals surface area contributed by atoms with Crippen LogP contribution in [0.25, 0.3) is 0 Å². The highest BCUT2D eigenvalue weighted by Gasteiger charge is 2.71. The van der Waals surface area contributed by atoms with Crippen LogP contribution in [0.4, 0.5) is 5.69 Å². The second kappa shape index (κ2) is 8.59. The molecule has 8 nitrogen and oxygen atoms in total. The molecule has 4 aliphatic heterocycles. The van der Waals surface area contributed by atoms with Gasteiger partial charge in [0.25, 0.3) is 5.91 Å². The number of carbonyl (C=O) groups is 3. The summed E-state index contributed by atoms with van der Waals surface area (Å²) in [6.07, 6.45) is 8.04. The number of rotatable bonds is 3. The normalized spacial score (nSPS) is 34.5. The Bertz CT molecular complexity index is 1020. The van der Waals surface area contributed by atoms with Crippen LogP contribution in [0, 0.1) is 11.8 Å². The molecule has 0 bridgehead atoms. The van der Waals surface area contributed by atoms with Crippen molar-refractivity contribution in [3.63, 3.8) is 0 Å². The highest BCUT2D eigenvalue weighted by Crippen LogP contribution is 2.53. The number of anilines is 1. The number of aliphatic hydroxyl groups excluding tert-OH is 1. The van der Waals surface area contributed by atoms with Crippen LogP contribution in [0.5, 0.6) is 0 Å². The van der Waals surface area contributed by atoms with Gasteiger partial charge in [-0.3, -0.25) is 14.4 Å². The van der Waals surface area contributed by atoms with E-state index in [4.69, 9.17) is 21.1 Å². The summed E-state index contributed by atoms with van der Waals surface area (Å²) >= 11 is 6.02. The molecule has 1 N–H and O–H groups in total. The maximum atomic E-state index is 13.9. The number of ether oxygens (including phenoxy) is 2. The van der Waals surface area contributed by atoms with Gasteiger partial charge in [0, 0.05) is 23.8 Å². The van der Waals surface area contributed by atoms with E-state index in [2.05, 4.69) is 0 Å². The van der Waals surface area contributed by atoms with Crippen LogP contribution < -0.4 is 4.90 Å². The van der Waals surface area contributed by atoms with Gasteiger partial charge in [-0.05, 0) is 37.1 Å². The molecule has 4 heterocycles. The minimum Gasteiger partial charge on any atom is -0.465 e. The van der Waals surface area contributed by atoms with E-state index in [9.17, 15) is 19.5 Å². The van der Waals surface area contributed by atoms with Crippen molar-refractivity contribution in [2.24, 2.45) is 11.8 Å². The van der Waals surface area contributed by atoms with Crippen LogP contribution in [0.1, 0.15) is 12.8 Å². The monoisotopic (exact) mass is 472 g/mol. The Kier molecular flexibility index (Phi) is 5.76. The quantitative estimate of drug-likeness (QED) is 0.531. The molecule has 0 saturated carbocycles. The average Bonchev–Trinajstić information content (AvgIpc) is 3.20. The Morgan fingerprint density at radius 1 is 1.12 bits per heavy atom. The lowest BCUT2D eigenvalue weighted by atomic mass is 9.78. The summed E-state index contributed by atoms with van der Waals surface area (Å²) < 4.78 is 11.9. The summed E-state index contributed by atoms with van der Waals surface area (Å²) in [6.45, 7) is 0.178. The Labute approximate surface area is 196 Å². The van der Waals surface area contributed by atoms with Crippen LogP contribution in [-0.2, 0) is 23.9 Å². The Morgan fingerprint density at radius 3 is 2.67 bits per heavy atom. The number of amides is 2. The molecule has 5 rings (SSSR count). The van der Waals surface area contributed by atoms with Gasteiger partial charge < -0.3 is 24.4 Å². The van der Waals surface area contributed by atoms with Gasteiger partial charge in [-0.25, -0.2) is 0 Å². The molecule has 0 radical (unpaired) electrons. The van der Waals surface area contributed by atoms with Crippen molar-refractivity contribution >= 4 is 35.1 Å². The number of hydrogen-bond acceptors (Lipinski definition) is 6. The highest BCUT2D eigenvalue weighted by molar-refractivity contribution is 6.30. The second-order valence-corrected chi connectivity index (χ2v) is 9.10. The van der Waals surface area contributed by atoms with E-state index in [-0.39, 0.29) is 38.1 Å². The molecule has 0 aromatic heterocycles. The molecule has 33 heavy (non-hydrogen) atoms. The van der Waals surface area contributed by atoms with Gasteiger partial charge in [-0.15, -0.1) is 0 Å². The molecule has 1 aromatic carbocycles. The zero-order valence-electron chi connectivity index (χ0n) is 17.9. The predicted octanol–water partition coefficient (Wildman–Crippen LogP) is 1.71. The zero-order valence-corrected chi connectivity index (χ0v) is 18.7. The number of β-amino-alcohol motifs (C(OH)–C–C–N with tert-alkyl or cyclic N) is 1. The van der Waals surface area contributed by atoms with Gasteiger partial charge in [-0.1, -0.05) is 35.9 Å². The van der Waals surface area contributed by atoms with Gasteiger partial charge in [0.05, 0.1) is 25.2 Å². The topological polar surface area (TPSA) is 96.4 Å². The molecule has 2 saturated heterocycles. The summed E-state index contributed by atoms with van der Waals surface area (Å²) in [5.41, 5.74) is -0.701. The highest BCUT2D eigenvalue weighted by atomic mass is 35.5. The van der Waals surface area contributed by atoms with Crippen molar-refractivity contribution in [1.82, 2.24) is 4.90 Å². The molecule has 2 fully saturated rings. The molecular weight excluding hydrogens is 448 g/mol. The summed E-state index contributed by atoms with van der Waals surface area (Å²) in [4.78, 5) is 43.5. The third kappa shape index (κ3) is 3.48. The van der Waals surface area contributed by atoms with Crippen molar-refractivity contribution < 1.29 is 29.0 Å². The van der Waals surface area contributed by atoms with Crippen molar-refractivity contribution in [2.45, 2.75) is 30.6 Å². The molecule has 1 spiro atoms. The summed E-state index contributed by atoms with van der Waals surface area (Å²) in [5.74, 6) is -3.00. The number of cyclic esters (lactones) is 1. The number of aliphatic hydroxyl groups is 1. The summed E-state index contributed by atoms with van der Waals surface area (Å²) in [7, 11) is 0. The first-order valence-electron chi connectivity index (χ1n) is 11.1. The Balaban J connectivity index is 1.60. The minimum absolute atomic E-state index is 0.0403. The van der Waals surface area contributed by atoms with Crippen LogP contribution in [0.2, 0.25) is 5.02 Å². The zero-order chi connectivity index (χ0) is 23.2. The number of nitrogens with zero attached hydrogens (tertiary/aromatic N) is 2. The van der Waals surface area contributed by atoms with Gasteiger partial charge >= 0.3 is 5.97 Å². The van der Waals surface area contributed by atoms with E-state index >= 15 is 0 Å². The van der Waals surface area contributed by atoms with E-state index in [1.54, 1.807) is 41.3 Å². The number of allylic oxidation sites excluding steroid dienone is 1. The fraction of sp³-hybridized carbons (Fsp3) is 0.458. The SMILES string of the molecule is O=C1OCCC/C=C\[C@H]2O[C@]34C=CCN(c5ccc(Cl)cc5)C(=O)C3N(CCO)C(=O)[C@@H]4[C@@H]12. The Hall–Kier alpha value is -2.68. The van der Waals surface area contributed by atoms with Crippen molar-refractivity contribution in [3.05, 3.63) is 53.6 Å². The van der Waals surface area contributed by atoms with Gasteiger partial charge in [-0.2, -0.15) is 0 Å². The minimum atomic E-state index is -1.33. The smallest absolute Gasteiger partial charge is 0.312 e. The van der Waals surface area contributed by atoms with E-state index in [0.29, 0.717) is 17.1 Å². The number of esters is 1. The number of carbonyl (C=O) groups excluding carboxylic acids is 3. The van der Waals surface area contributed by atoms with E-state index in [1.165, 1.54) is 4.90 Å². The molecule has 2 amide bonds. The van der Waals surface area contributed by atoms with E-state index in [0.717, 1.165) is 6.42 Å². The van der Waals surface area contributed by atoms with Crippen molar-refractivity contribution in [1.29, 1.82) is 0 Å². The van der Waals surface area contributed by atoms with E-state index in [1.807, 2.05) is 12.2 Å². The van der Waals surface area contributed by atoms with Crippen LogP contribution in [0.3, 0.4) is 0 Å². The number of hydrogen-bond donors (Lipinski definition) is 1. The molecule has 4 aliphatic rings. The van der Waals surface area contributed by atoms with Crippen LogP contribution >= 0.6 is 11.6 Å². The largest absolute Gasteiger partial charge is 0.465 e. The van der Waals surface area contributed by atoms with Crippen molar-refractivity contribution in [2.75, 3.05) is 31.2 Å². The molecule has 0 aliphatic carbocycles. The Morgan fingerprint density at radius 2 is 1.91 bits per heavy atom. The van der Waals surface area contributed by atoms with Crippen molar-refractivity contribution in [3.8, 4) is 0 Å². The molecule has 9 heteroatoms. The van der Waals surface area contributed by atoms with Gasteiger partial charge in [0.15, 0.2) is 0 Å². The molecule has 1 aromatic rings. The first-order chi connectivity index (χ1) is 16.0. The molecular formula is C24H25ClN2O6. The van der Waals surface area contributed by atoms with Crippen LogP contribution in [-0.4, -0.2) is 71.8 Å². The first kappa shape index (κ1) is 22.1. The first-order valence-corrected chi connectivity index (χ1v) is 11.5. The third-order valence-corrected chi connectivity index (χ3v) is 7.08. The van der Waals surface area contributed by atoms with Gasteiger partial charge in [0.1, 0.15) is 17.6 Å². The maximum Gasteiger partial charge on any atom is 0.312 e. The second-order valence-electron chi connectivity index (χ2n) is 8.66. The summed E-state index contributed by atoms with van der Waals surface area (Å²) in [6, 6.07) is 5.85. The fourth-order valence-electron chi connectivity index (χ4n) is 5.45. The standard InChI is InChI=1S/C24H25ClN2O6/c25-15-6-8-16(9-7-15)26-11-4-10-24-19(21(29)27(12-13-28)20(24)22(26)30)18-17(33-24)5-2-1-3-14-32-23(18)31/h2,4-10,17-20,28H,1,3,11-14H2/b5-2-/t17-,18+,19+,20?,24+/m1/s1. The number of benzene rings is 1. The number of likely N-dealkylation sites (tertiary alicyclic amines) is 1. The lowest BCUT2D eigenvalue weighted by molar-refractivity contribution is -0.154. The lowest BCUT2D eigenvalue weighted by Crippen LogP contribution is -2.55. The van der Waals surface area contributed by atoms with E-state index < -0.39 is 35.6 Å². The number of fused-ring (bicyclic) bond motifs is 2. The molecule has 5 atom stereocenters. The number of halogens is 1. The maximum absolute atomic E-state index is 13.9. The van der Waals surface area contributed by atoms with Crippen LogP contribution in [0.15, 0.2) is 48.6 Å². The third-order valence-electron chi connectivity index (χ3n) is 6.83. The lowest BCUT2D eigenvalue weighted by Gasteiger charge is -2.35. The predicted molar refractivity (Wildman–Crippen MR) is 119 cm³/mol. The summed E-state index contributed by atoms with van der Waals surface area (Å²) in [5, 5.41) is 10.2. The van der Waals surface area contributed by atoms with Gasteiger partial charge in [0.2, 0.25) is 5.91 Å². The average molecular weight is 473 g/mol. The fourth-order valence-corrected chi connectivity index (χ4v) is 5.58. The molecule has 174 valence electrons.